The minimum absolute atomic E-state index is 0.000475. The normalized spacial score (nSPS) is 11.6. The average Bonchev–Trinajstić information content (AvgIpc) is 2.49. The van der Waals surface area contributed by atoms with Gasteiger partial charge in [-0.2, -0.15) is 0 Å². The number of rotatable bonds is 8. The molecule has 1 atom stereocenters. The summed E-state index contributed by atoms with van der Waals surface area (Å²) >= 11 is 0. The Balaban J connectivity index is 2.47. The molecule has 7 heteroatoms. The molecule has 1 rings (SSSR count). The van der Waals surface area contributed by atoms with E-state index in [1.165, 1.54) is 26.2 Å². The van der Waals surface area contributed by atoms with E-state index in [4.69, 9.17) is 9.84 Å². The van der Waals surface area contributed by atoms with E-state index in [9.17, 15) is 18.8 Å². The number of aliphatic carboxylic acids is 1. The summed E-state index contributed by atoms with van der Waals surface area (Å²) in [4.78, 5) is 34.0. The Morgan fingerprint density at radius 1 is 1.32 bits per heavy atom. The van der Waals surface area contributed by atoms with Gasteiger partial charge in [0.2, 0.25) is 5.91 Å². The van der Waals surface area contributed by atoms with E-state index in [-0.39, 0.29) is 36.5 Å². The van der Waals surface area contributed by atoms with Gasteiger partial charge in [-0.15, -0.1) is 0 Å². The number of carboxylic acid groups (broad SMARTS) is 1. The van der Waals surface area contributed by atoms with Crippen LogP contribution in [0.5, 0.6) is 5.75 Å². The average molecular weight is 311 g/mol. The van der Waals surface area contributed by atoms with Gasteiger partial charge in [-0.1, -0.05) is 6.92 Å². The predicted molar refractivity (Wildman–Crippen MR) is 76.3 cm³/mol. The highest BCUT2D eigenvalue weighted by Gasteiger charge is 2.14. The molecule has 0 aromatic heterocycles. The Kier molecular flexibility index (Phi) is 6.49. The quantitative estimate of drug-likeness (QED) is 0.712. The van der Waals surface area contributed by atoms with Crippen LogP contribution in [0.1, 0.15) is 30.1 Å². The largest absolute Gasteiger partial charge is 0.494 e. The van der Waals surface area contributed by atoms with Gasteiger partial charge in [0, 0.05) is 24.9 Å². The van der Waals surface area contributed by atoms with Crippen LogP contribution in [-0.4, -0.2) is 36.4 Å². The number of halogens is 1. The Morgan fingerprint density at radius 2 is 2.00 bits per heavy atom. The lowest BCUT2D eigenvalue weighted by molar-refractivity contribution is -0.141. The third kappa shape index (κ3) is 5.16. The van der Waals surface area contributed by atoms with Crippen molar-refractivity contribution >= 4 is 17.7 Å². The van der Waals surface area contributed by atoms with E-state index in [0.29, 0.717) is 0 Å². The number of hydrogen-bond donors (Lipinski definition) is 2. The van der Waals surface area contributed by atoms with Gasteiger partial charge in [0.15, 0.2) is 17.3 Å². The summed E-state index contributed by atoms with van der Waals surface area (Å²) in [6.45, 7) is 1.47. The van der Waals surface area contributed by atoms with Gasteiger partial charge in [0.05, 0.1) is 13.0 Å². The number of methoxy groups -OCH3 is 1. The number of Topliss-reactive ketones (excluding diaryl/α,β-unsaturated/α-hetero) is 1. The number of benzene rings is 1. The van der Waals surface area contributed by atoms with E-state index in [0.717, 1.165) is 6.07 Å². The fraction of sp³-hybridized carbons (Fsp3) is 0.400. The first kappa shape index (κ1) is 17.6. The molecular weight excluding hydrogens is 293 g/mol. The van der Waals surface area contributed by atoms with E-state index >= 15 is 0 Å². The lowest BCUT2D eigenvalue weighted by Crippen LogP contribution is -2.31. The van der Waals surface area contributed by atoms with Crippen LogP contribution in [0.3, 0.4) is 0 Å². The molecular formula is C15H18FNO5. The molecule has 0 radical (unpaired) electrons. The highest BCUT2D eigenvalue weighted by Crippen LogP contribution is 2.18. The monoisotopic (exact) mass is 311 g/mol. The van der Waals surface area contributed by atoms with Gasteiger partial charge in [0.25, 0.3) is 0 Å². The minimum atomic E-state index is -1.01. The molecule has 1 aromatic rings. The van der Waals surface area contributed by atoms with Crippen LogP contribution in [0, 0.1) is 11.7 Å². The summed E-state index contributed by atoms with van der Waals surface area (Å²) in [5.41, 5.74) is 0.157. The molecule has 0 aliphatic heterocycles. The summed E-state index contributed by atoms with van der Waals surface area (Å²) in [5.74, 6) is -3.11. The number of amides is 1. The van der Waals surface area contributed by atoms with E-state index < -0.39 is 23.6 Å². The number of carbonyl (C=O) groups excluding carboxylic acids is 2. The summed E-state index contributed by atoms with van der Waals surface area (Å²) in [5, 5.41) is 11.1. The van der Waals surface area contributed by atoms with Crippen molar-refractivity contribution in [2.75, 3.05) is 13.7 Å². The fourth-order valence-corrected chi connectivity index (χ4v) is 1.65. The fourth-order valence-electron chi connectivity index (χ4n) is 1.65. The van der Waals surface area contributed by atoms with Crippen LogP contribution >= 0.6 is 0 Å². The zero-order valence-corrected chi connectivity index (χ0v) is 12.4. The number of ketones is 1. The second-order valence-corrected chi connectivity index (χ2v) is 4.82. The van der Waals surface area contributed by atoms with Crippen molar-refractivity contribution in [3.8, 4) is 5.75 Å². The number of carboxylic acids is 1. The number of hydrogen-bond acceptors (Lipinski definition) is 4. The van der Waals surface area contributed by atoms with E-state index in [2.05, 4.69) is 5.32 Å². The summed E-state index contributed by atoms with van der Waals surface area (Å²) in [7, 11) is 1.32. The first-order chi connectivity index (χ1) is 10.3. The molecule has 6 nitrogen and oxygen atoms in total. The van der Waals surface area contributed by atoms with Gasteiger partial charge in [-0.25, -0.2) is 4.39 Å². The molecule has 0 heterocycles. The second-order valence-electron chi connectivity index (χ2n) is 4.82. The van der Waals surface area contributed by atoms with E-state index in [1.54, 1.807) is 0 Å². The predicted octanol–water partition coefficient (Wildman–Crippen LogP) is 1.63. The SMILES string of the molecule is COc1ccc(C(=O)CCC(=O)NCC(C)C(=O)O)cc1F. The van der Waals surface area contributed by atoms with Gasteiger partial charge < -0.3 is 15.2 Å². The first-order valence-electron chi connectivity index (χ1n) is 6.71. The standard InChI is InChI=1S/C15H18FNO5/c1-9(15(20)21)8-17-14(19)6-4-12(18)10-3-5-13(22-2)11(16)7-10/h3,5,7,9H,4,6,8H2,1-2H3,(H,17,19)(H,20,21). The highest BCUT2D eigenvalue weighted by atomic mass is 19.1. The number of carbonyl (C=O) groups is 3. The third-order valence-electron chi connectivity index (χ3n) is 3.08. The minimum Gasteiger partial charge on any atom is -0.494 e. The van der Waals surface area contributed by atoms with Gasteiger partial charge >= 0.3 is 5.97 Å². The summed E-state index contributed by atoms with van der Waals surface area (Å²) < 4.78 is 18.2. The second kappa shape index (κ2) is 8.11. The van der Waals surface area contributed by atoms with Crippen molar-refractivity contribution in [1.82, 2.24) is 5.32 Å². The first-order valence-corrected chi connectivity index (χ1v) is 6.71. The van der Waals surface area contributed by atoms with Crippen LogP contribution in [0.15, 0.2) is 18.2 Å². The van der Waals surface area contributed by atoms with Crippen molar-refractivity contribution in [2.24, 2.45) is 5.92 Å². The van der Waals surface area contributed by atoms with E-state index in [1.807, 2.05) is 0 Å². The molecule has 22 heavy (non-hydrogen) atoms. The summed E-state index contributed by atoms with van der Waals surface area (Å²) in [6, 6.07) is 3.83. The molecule has 1 amide bonds. The van der Waals surface area contributed by atoms with Crippen molar-refractivity contribution in [3.63, 3.8) is 0 Å². The molecule has 0 fully saturated rings. The van der Waals surface area contributed by atoms with Crippen molar-refractivity contribution in [3.05, 3.63) is 29.6 Å². The molecule has 120 valence electrons. The lowest BCUT2D eigenvalue weighted by Gasteiger charge is -2.08. The zero-order valence-electron chi connectivity index (χ0n) is 12.4. The molecule has 0 spiro atoms. The van der Waals surface area contributed by atoms with Crippen molar-refractivity contribution in [1.29, 1.82) is 0 Å². The van der Waals surface area contributed by atoms with Crippen molar-refractivity contribution in [2.45, 2.75) is 19.8 Å². The topological polar surface area (TPSA) is 92.7 Å². The third-order valence-corrected chi connectivity index (χ3v) is 3.08. The summed E-state index contributed by atoms with van der Waals surface area (Å²) in [6.07, 6.45) is -0.169. The van der Waals surface area contributed by atoms with Gasteiger partial charge in [0.1, 0.15) is 0 Å². The van der Waals surface area contributed by atoms with Crippen LogP contribution in [0.25, 0.3) is 0 Å². The Labute approximate surface area is 127 Å². The molecule has 0 saturated heterocycles. The Bertz CT molecular complexity index is 573. The molecule has 1 unspecified atom stereocenters. The molecule has 0 bridgehead atoms. The molecule has 1 aromatic carbocycles. The molecule has 0 aliphatic carbocycles. The van der Waals surface area contributed by atoms with Gasteiger partial charge in [-0.05, 0) is 18.2 Å². The van der Waals surface area contributed by atoms with Gasteiger partial charge in [-0.3, -0.25) is 14.4 Å². The van der Waals surface area contributed by atoms with Crippen LogP contribution < -0.4 is 10.1 Å². The molecule has 2 N–H and O–H groups in total. The Hall–Kier alpha value is -2.44. The highest BCUT2D eigenvalue weighted by molar-refractivity contribution is 5.98. The maximum absolute atomic E-state index is 13.5. The lowest BCUT2D eigenvalue weighted by atomic mass is 10.1. The number of ether oxygens (including phenoxy) is 1. The smallest absolute Gasteiger partial charge is 0.308 e. The zero-order chi connectivity index (χ0) is 16.7. The van der Waals surface area contributed by atoms with Crippen LogP contribution in [-0.2, 0) is 9.59 Å². The maximum atomic E-state index is 13.5. The van der Waals surface area contributed by atoms with Crippen LogP contribution in [0.4, 0.5) is 4.39 Å². The maximum Gasteiger partial charge on any atom is 0.308 e. The number of nitrogens with one attached hydrogen (secondary N) is 1. The van der Waals surface area contributed by atoms with Crippen LogP contribution in [0.2, 0.25) is 0 Å². The van der Waals surface area contributed by atoms with Crippen molar-refractivity contribution < 1.29 is 28.6 Å². The molecule has 0 aliphatic rings. The molecule has 0 saturated carbocycles. The Morgan fingerprint density at radius 3 is 2.55 bits per heavy atom.